The van der Waals surface area contributed by atoms with E-state index in [0.717, 1.165) is 25.1 Å². The Morgan fingerprint density at radius 2 is 2.14 bits per heavy atom. The van der Waals surface area contributed by atoms with Crippen molar-refractivity contribution in [2.24, 2.45) is 5.92 Å². The van der Waals surface area contributed by atoms with E-state index in [4.69, 9.17) is 16.3 Å². The number of amides is 1. The van der Waals surface area contributed by atoms with Crippen molar-refractivity contribution < 1.29 is 9.53 Å². The summed E-state index contributed by atoms with van der Waals surface area (Å²) in [6.45, 7) is 4.03. The highest BCUT2D eigenvalue weighted by Gasteiger charge is 2.24. The minimum absolute atomic E-state index is 0. The summed E-state index contributed by atoms with van der Waals surface area (Å²) >= 11 is 5.79. The number of rotatable bonds is 5. The second-order valence-corrected chi connectivity index (χ2v) is 5.61. The molecule has 1 amide bonds. The van der Waals surface area contributed by atoms with Crippen LogP contribution in [0.1, 0.15) is 19.8 Å². The van der Waals surface area contributed by atoms with Crippen molar-refractivity contribution in [2.75, 3.05) is 19.7 Å². The summed E-state index contributed by atoms with van der Waals surface area (Å²) in [6.07, 6.45) is 1.82. The maximum Gasteiger partial charge on any atom is 0.223 e. The predicted octanol–water partition coefficient (Wildman–Crippen LogP) is 2.64. The van der Waals surface area contributed by atoms with Crippen molar-refractivity contribution in [1.82, 2.24) is 10.6 Å². The summed E-state index contributed by atoms with van der Waals surface area (Å²) in [5, 5.41) is 6.97. The summed E-state index contributed by atoms with van der Waals surface area (Å²) in [5.74, 6) is 1.03. The van der Waals surface area contributed by atoms with Gasteiger partial charge in [-0.15, -0.1) is 12.4 Å². The van der Waals surface area contributed by atoms with Gasteiger partial charge in [-0.05, 0) is 50.6 Å². The molecule has 0 bridgehead atoms. The van der Waals surface area contributed by atoms with Crippen LogP contribution in [0, 0.1) is 5.92 Å². The van der Waals surface area contributed by atoms with Gasteiger partial charge in [0, 0.05) is 17.0 Å². The number of piperidine rings is 1. The topological polar surface area (TPSA) is 50.4 Å². The smallest absolute Gasteiger partial charge is 0.223 e. The van der Waals surface area contributed by atoms with Crippen LogP contribution in [-0.4, -0.2) is 31.6 Å². The number of benzene rings is 1. The van der Waals surface area contributed by atoms with Gasteiger partial charge in [-0.1, -0.05) is 11.6 Å². The van der Waals surface area contributed by atoms with E-state index in [-0.39, 0.29) is 24.2 Å². The molecule has 1 aromatic carbocycles. The van der Waals surface area contributed by atoms with Crippen LogP contribution in [0.3, 0.4) is 0 Å². The van der Waals surface area contributed by atoms with Crippen LogP contribution in [0.5, 0.6) is 5.75 Å². The number of nitrogens with one attached hydrogen (secondary N) is 2. The number of hydrogen-bond donors (Lipinski definition) is 2. The lowest BCUT2D eigenvalue weighted by atomic mass is 9.92. The van der Waals surface area contributed by atoms with Crippen LogP contribution in [0.2, 0.25) is 5.02 Å². The lowest BCUT2D eigenvalue weighted by Crippen LogP contribution is -2.43. The Morgan fingerprint density at radius 3 is 2.81 bits per heavy atom. The SMILES string of the molecule is C[C@H]1C[C@@H](C(=O)NCCOc2ccc(Cl)cc2)CCN1.Cl. The molecule has 0 spiro atoms. The first-order chi connectivity index (χ1) is 9.65. The second-order valence-electron chi connectivity index (χ2n) is 5.17. The summed E-state index contributed by atoms with van der Waals surface area (Å²) < 4.78 is 5.53. The maximum atomic E-state index is 12.0. The molecular weight excluding hydrogens is 311 g/mol. The van der Waals surface area contributed by atoms with E-state index in [0.29, 0.717) is 24.2 Å². The van der Waals surface area contributed by atoms with E-state index in [1.165, 1.54) is 0 Å². The molecule has 1 aliphatic rings. The molecule has 0 aliphatic carbocycles. The monoisotopic (exact) mass is 332 g/mol. The molecule has 1 saturated heterocycles. The number of carbonyl (C=O) groups is 1. The van der Waals surface area contributed by atoms with Crippen molar-refractivity contribution >= 4 is 29.9 Å². The van der Waals surface area contributed by atoms with Crippen molar-refractivity contribution in [1.29, 1.82) is 0 Å². The Morgan fingerprint density at radius 1 is 1.43 bits per heavy atom. The van der Waals surface area contributed by atoms with Gasteiger partial charge in [0.25, 0.3) is 0 Å². The minimum atomic E-state index is 0. The lowest BCUT2D eigenvalue weighted by molar-refractivity contribution is -0.126. The van der Waals surface area contributed by atoms with Gasteiger partial charge in [0.2, 0.25) is 5.91 Å². The Bertz CT molecular complexity index is 440. The van der Waals surface area contributed by atoms with Gasteiger partial charge in [-0.3, -0.25) is 4.79 Å². The number of carbonyl (C=O) groups excluding carboxylic acids is 1. The van der Waals surface area contributed by atoms with Gasteiger partial charge in [0.05, 0.1) is 6.54 Å². The molecule has 2 atom stereocenters. The fraction of sp³-hybridized carbons (Fsp3) is 0.533. The molecule has 6 heteroatoms. The molecule has 2 rings (SSSR count). The van der Waals surface area contributed by atoms with E-state index in [2.05, 4.69) is 17.6 Å². The standard InChI is InChI=1S/C15H21ClN2O2.ClH/c1-11-10-12(6-7-17-11)15(19)18-8-9-20-14-4-2-13(16)3-5-14;/h2-5,11-12,17H,6-10H2,1H3,(H,18,19);1H/t11-,12-;/m0./s1. The minimum Gasteiger partial charge on any atom is -0.492 e. The summed E-state index contributed by atoms with van der Waals surface area (Å²) in [5.41, 5.74) is 0. The third-order valence-corrected chi connectivity index (χ3v) is 3.73. The normalized spacial score (nSPS) is 21.2. The Kier molecular flexibility index (Phi) is 7.86. The maximum absolute atomic E-state index is 12.0. The first-order valence-electron chi connectivity index (χ1n) is 7.04. The molecule has 0 saturated carbocycles. The van der Waals surface area contributed by atoms with E-state index in [1.54, 1.807) is 12.1 Å². The summed E-state index contributed by atoms with van der Waals surface area (Å²) in [6, 6.07) is 7.62. The third-order valence-electron chi connectivity index (χ3n) is 3.48. The highest BCUT2D eigenvalue weighted by molar-refractivity contribution is 6.30. The molecule has 1 fully saturated rings. The quantitative estimate of drug-likeness (QED) is 0.815. The Labute approximate surface area is 137 Å². The van der Waals surface area contributed by atoms with Crippen LogP contribution in [0.25, 0.3) is 0 Å². The van der Waals surface area contributed by atoms with Gasteiger partial charge in [0.15, 0.2) is 0 Å². The van der Waals surface area contributed by atoms with Gasteiger partial charge in [0.1, 0.15) is 12.4 Å². The third kappa shape index (κ3) is 6.12. The molecule has 2 N–H and O–H groups in total. The first-order valence-corrected chi connectivity index (χ1v) is 7.42. The second kappa shape index (κ2) is 9.13. The largest absolute Gasteiger partial charge is 0.492 e. The van der Waals surface area contributed by atoms with Gasteiger partial charge in [-0.2, -0.15) is 0 Å². The highest BCUT2D eigenvalue weighted by atomic mass is 35.5. The van der Waals surface area contributed by atoms with Crippen LogP contribution in [0.4, 0.5) is 0 Å². The molecule has 0 radical (unpaired) electrons. The van der Waals surface area contributed by atoms with E-state index >= 15 is 0 Å². The van der Waals surface area contributed by atoms with Crippen LogP contribution in [-0.2, 0) is 4.79 Å². The number of ether oxygens (including phenoxy) is 1. The number of halogens is 2. The van der Waals surface area contributed by atoms with Crippen LogP contribution in [0.15, 0.2) is 24.3 Å². The molecule has 4 nitrogen and oxygen atoms in total. The summed E-state index contributed by atoms with van der Waals surface area (Å²) in [4.78, 5) is 12.0. The fourth-order valence-electron chi connectivity index (χ4n) is 2.39. The van der Waals surface area contributed by atoms with Gasteiger partial charge >= 0.3 is 0 Å². The van der Waals surface area contributed by atoms with Crippen LogP contribution >= 0.6 is 24.0 Å². The molecule has 21 heavy (non-hydrogen) atoms. The van der Waals surface area contributed by atoms with E-state index in [1.807, 2.05) is 12.1 Å². The average Bonchev–Trinajstić information content (AvgIpc) is 2.45. The van der Waals surface area contributed by atoms with E-state index < -0.39 is 0 Å². The summed E-state index contributed by atoms with van der Waals surface area (Å²) in [7, 11) is 0. The van der Waals surface area contributed by atoms with Crippen molar-refractivity contribution in [3.63, 3.8) is 0 Å². The van der Waals surface area contributed by atoms with Crippen molar-refractivity contribution in [3.8, 4) is 5.75 Å². The molecule has 0 aromatic heterocycles. The Hall–Kier alpha value is -0.970. The molecule has 118 valence electrons. The van der Waals surface area contributed by atoms with Crippen LogP contribution < -0.4 is 15.4 Å². The average molecular weight is 333 g/mol. The predicted molar refractivity (Wildman–Crippen MR) is 87.4 cm³/mol. The first kappa shape index (κ1) is 18.1. The molecule has 1 aliphatic heterocycles. The Balaban J connectivity index is 0.00000220. The van der Waals surface area contributed by atoms with E-state index in [9.17, 15) is 4.79 Å². The lowest BCUT2D eigenvalue weighted by Gasteiger charge is -2.27. The fourth-order valence-corrected chi connectivity index (χ4v) is 2.51. The number of hydrogen-bond acceptors (Lipinski definition) is 3. The van der Waals surface area contributed by atoms with Gasteiger partial charge < -0.3 is 15.4 Å². The zero-order chi connectivity index (χ0) is 14.4. The van der Waals surface area contributed by atoms with Crippen molar-refractivity contribution in [3.05, 3.63) is 29.3 Å². The molecular formula is C15H22Cl2N2O2. The zero-order valence-corrected chi connectivity index (χ0v) is 13.7. The zero-order valence-electron chi connectivity index (χ0n) is 12.1. The molecule has 1 aromatic rings. The highest BCUT2D eigenvalue weighted by Crippen LogP contribution is 2.16. The van der Waals surface area contributed by atoms with Crippen molar-refractivity contribution in [2.45, 2.75) is 25.8 Å². The van der Waals surface area contributed by atoms with Gasteiger partial charge in [-0.25, -0.2) is 0 Å². The molecule has 0 unspecified atom stereocenters. The molecule has 1 heterocycles.